The topological polar surface area (TPSA) is 119 Å². The van der Waals surface area contributed by atoms with Gasteiger partial charge in [-0.2, -0.15) is 0 Å². The van der Waals surface area contributed by atoms with Gasteiger partial charge in [0.15, 0.2) is 0 Å². The molecule has 1 saturated carbocycles. The summed E-state index contributed by atoms with van der Waals surface area (Å²) in [6.45, 7) is 5.88. The first-order valence-corrected chi connectivity index (χ1v) is 12.1. The van der Waals surface area contributed by atoms with E-state index in [-0.39, 0.29) is 23.8 Å². The molecule has 0 amide bonds. The van der Waals surface area contributed by atoms with Crippen LogP contribution < -0.4 is 9.46 Å². The zero-order chi connectivity index (χ0) is 21.9. The third-order valence-corrected chi connectivity index (χ3v) is 7.42. The van der Waals surface area contributed by atoms with Crippen molar-refractivity contribution in [2.45, 2.75) is 56.3 Å². The highest BCUT2D eigenvalue weighted by molar-refractivity contribution is 7.89. The Morgan fingerprint density at radius 2 is 1.87 bits per heavy atom. The van der Waals surface area contributed by atoms with E-state index in [0.29, 0.717) is 31.8 Å². The summed E-state index contributed by atoms with van der Waals surface area (Å²) in [6, 6.07) is 6.39. The van der Waals surface area contributed by atoms with Gasteiger partial charge in [0.2, 0.25) is 10.0 Å². The molecule has 9 heteroatoms. The molecular weight excluding hydrogens is 408 g/mol. The Labute approximate surface area is 178 Å². The van der Waals surface area contributed by atoms with E-state index < -0.39 is 33.8 Å². The number of nitrogens with one attached hydrogen (secondary N) is 1. The molecule has 4 atom stereocenters. The van der Waals surface area contributed by atoms with E-state index in [1.54, 1.807) is 18.2 Å². The van der Waals surface area contributed by atoms with Crippen LogP contribution in [0.15, 0.2) is 29.2 Å². The first-order valence-electron chi connectivity index (χ1n) is 10.6. The molecule has 0 radical (unpaired) electrons. The quantitative estimate of drug-likeness (QED) is 0.540. The van der Waals surface area contributed by atoms with Gasteiger partial charge in [-0.15, -0.1) is 0 Å². The molecule has 1 aliphatic carbocycles. The van der Waals surface area contributed by atoms with Crippen molar-refractivity contribution in [3.63, 3.8) is 0 Å². The van der Waals surface area contributed by atoms with E-state index in [2.05, 4.69) is 23.5 Å². The van der Waals surface area contributed by atoms with Gasteiger partial charge in [-0.05, 0) is 43.9 Å². The maximum Gasteiger partial charge on any atom is 0.244 e. The molecule has 0 aromatic heterocycles. The molecule has 2 aliphatic rings. The average molecular weight is 443 g/mol. The maximum absolute atomic E-state index is 12.8. The van der Waals surface area contributed by atoms with Crippen molar-refractivity contribution < 1.29 is 28.5 Å². The number of aliphatic hydroxyl groups excluding tert-OH is 3. The predicted octanol–water partition coefficient (Wildman–Crippen LogP) is 0.568. The summed E-state index contributed by atoms with van der Waals surface area (Å²) in [5, 5.41) is 31.1. The molecular formula is C21H34N2O6S. The first-order chi connectivity index (χ1) is 14.1. The van der Waals surface area contributed by atoms with Gasteiger partial charge >= 0.3 is 0 Å². The Kier molecular flexibility index (Phi) is 7.42. The summed E-state index contributed by atoms with van der Waals surface area (Å²) in [7, 11) is -3.85. The number of sulfonamides is 1. The van der Waals surface area contributed by atoms with Crippen molar-refractivity contribution in [2.24, 2.45) is 11.3 Å². The molecule has 1 aliphatic heterocycles. The number of rotatable bonds is 3. The number of nitrogens with zero attached hydrogens (tertiary/aromatic N) is 1. The van der Waals surface area contributed by atoms with E-state index in [9.17, 15) is 23.7 Å². The zero-order valence-corrected chi connectivity index (χ0v) is 18.5. The fraction of sp³-hybridized carbons (Fsp3) is 0.714. The maximum atomic E-state index is 12.8. The molecule has 0 saturated heterocycles. The second-order valence-corrected chi connectivity index (χ2v) is 10.9. The average Bonchev–Trinajstić information content (AvgIpc) is 2.96. The SMILES string of the molecule is CC(C)CCN1C[C@@H](O)CNS(=O)(=O)c2ccccc2OCC2(C[C@@H](O)[C@@H](O)C2)C1. The van der Waals surface area contributed by atoms with Crippen molar-refractivity contribution in [2.75, 3.05) is 32.8 Å². The fourth-order valence-corrected chi connectivity index (χ4v) is 5.57. The lowest BCUT2D eigenvalue weighted by Gasteiger charge is -2.37. The van der Waals surface area contributed by atoms with Gasteiger partial charge in [0.05, 0.1) is 24.9 Å². The Morgan fingerprint density at radius 1 is 1.20 bits per heavy atom. The van der Waals surface area contributed by atoms with Gasteiger partial charge in [0.25, 0.3) is 0 Å². The minimum atomic E-state index is -3.85. The molecule has 30 heavy (non-hydrogen) atoms. The van der Waals surface area contributed by atoms with Crippen molar-refractivity contribution in [1.82, 2.24) is 9.62 Å². The van der Waals surface area contributed by atoms with Gasteiger partial charge in [0, 0.05) is 25.0 Å². The summed E-state index contributed by atoms with van der Waals surface area (Å²) < 4.78 is 34.0. The number of aliphatic hydroxyl groups is 3. The highest BCUT2D eigenvalue weighted by atomic mass is 32.2. The van der Waals surface area contributed by atoms with E-state index in [0.717, 1.165) is 13.0 Å². The molecule has 1 heterocycles. The summed E-state index contributed by atoms with van der Waals surface area (Å²) in [6.07, 6.45) is -0.945. The van der Waals surface area contributed by atoms with E-state index in [1.165, 1.54) is 6.07 Å². The third-order valence-electron chi connectivity index (χ3n) is 5.96. The number of hydrogen-bond acceptors (Lipinski definition) is 7. The van der Waals surface area contributed by atoms with Gasteiger partial charge in [-0.3, -0.25) is 0 Å². The van der Waals surface area contributed by atoms with Gasteiger partial charge in [-0.1, -0.05) is 26.0 Å². The molecule has 1 aromatic rings. The van der Waals surface area contributed by atoms with Crippen LogP contribution in [0.25, 0.3) is 0 Å². The van der Waals surface area contributed by atoms with Crippen molar-refractivity contribution in [3.05, 3.63) is 24.3 Å². The highest BCUT2D eigenvalue weighted by Crippen LogP contribution is 2.40. The predicted molar refractivity (Wildman–Crippen MR) is 113 cm³/mol. The largest absolute Gasteiger partial charge is 0.492 e. The van der Waals surface area contributed by atoms with Crippen LogP contribution in [0, 0.1) is 11.3 Å². The first kappa shape index (κ1) is 23.4. The lowest BCUT2D eigenvalue weighted by Crippen LogP contribution is -2.47. The normalized spacial score (nSPS) is 32.9. The van der Waals surface area contributed by atoms with Crippen molar-refractivity contribution in [1.29, 1.82) is 0 Å². The van der Waals surface area contributed by atoms with Crippen molar-refractivity contribution >= 4 is 10.0 Å². The second kappa shape index (κ2) is 9.50. The summed E-state index contributed by atoms with van der Waals surface area (Å²) in [5.41, 5.74) is -0.543. The number of benzene rings is 1. The van der Waals surface area contributed by atoms with Gasteiger partial charge in [0.1, 0.15) is 10.6 Å². The van der Waals surface area contributed by atoms with E-state index in [4.69, 9.17) is 4.74 Å². The number of ether oxygens (including phenoxy) is 1. The molecule has 1 unspecified atom stereocenters. The minimum Gasteiger partial charge on any atom is -0.492 e. The summed E-state index contributed by atoms with van der Waals surface area (Å²) in [5.74, 6) is 0.699. The number of β-amino-alcohol motifs (C(OH)–C–C–N with tert-alkyl or cyclic N) is 1. The number of hydrogen-bond donors (Lipinski definition) is 4. The number of para-hydroxylation sites is 1. The van der Waals surface area contributed by atoms with Crippen LogP contribution >= 0.6 is 0 Å². The Morgan fingerprint density at radius 3 is 2.53 bits per heavy atom. The molecule has 4 N–H and O–H groups in total. The van der Waals surface area contributed by atoms with E-state index in [1.807, 2.05) is 0 Å². The molecule has 3 rings (SSSR count). The van der Waals surface area contributed by atoms with Crippen LogP contribution in [0.5, 0.6) is 5.75 Å². The smallest absolute Gasteiger partial charge is 0.244 e. The zero-order valence-electron chi connectivity index (χ0n) is 17.7. The minimum absolute atomic E-state index is 0.0173. The lowest BCUT2D eigenvalue weighted by molar-refractivity contribution is 0.0438. The summed E-state index contributed by atoms with van der Waals surface area (Å²) in [4.78, 5) is 2.12. The monoisotopic (exact) mass is 442 g/mol. The van der Waals surface area contributed by atoms with Gasteiger partial charge in [-0.25, -0.2) is 13.1 Å². The second-order valence-electron chi connectivity index (χ2n) is 9.20. The van der Waals surface area contributed by atoms with Crippen LogP contribution in [-0.2, 0) is 10.0 Å². The fourth-order valence-electron chi connectivity index (χ4n) is 4.35. The Hall–Kier alpha value is -1.23. The van der Waals surface area contributed by atoms with Crippen LogP contribution in [-0.4, -0.2) is 79.7 Å². The Bertz CT molecular complexity index is 805. The summed E-state index contributed by atoms with van der Waals surface area (Å²) >= 11 is 0. The number of fused-ring (bicyclic) bond motifs is 1. The highest BCUT2D eigenvalue weighted by Gasteiger charge is 2.46. The molecule has 1 fully saturated rings. The molecule has 8 nitrogen and oxygen atoms in total. The van der Waals surface area contributed by atoms with Crippen molar-refractivity contribution in [3.8, 4) is 5.75 Å². The van der Waals surface area contributed by atoms with Crippen LogP contribution in [0.2, 0.25) is 0 Å². The lowest BCUT2D eigenvalue weighted by atomic mass is 9.85. The van der Waals surface area contributed by atoms with Crippen LogP contribution in [0.3, 0.4) is 0 Å². The molecule has 1 aromatic carbocycles. The molecule has 170 valence electrons. The standard InChI is InChI=1S/C21H34N2O6S/c1-15(2)7-8-23-12-16(24)11-22-30(27,28)20-6-4-3-5-19(20)29-14-21(13-23)9-17(25)18(26)10-21/h3-6,15-18,22,24-26H,7-14H2,1-2H3/t16-,17-,18+,21?/m0/s1. The third kappa shape index (κ3) is 5.72. The van der Waals surface area contributed by atoms with E-state index >= 15 is 0 Å². The van der Waals surface area contributed by atoms with Crippen LogP contribution in [0.4, 0.5) is 0 Å². The van der Waals surface area contributed by atoms with Gasteiger partial charge < -0.3 is 25.0 Å². The Balaban J connectivity index is 1.94. The van der Waals surface area contributed by atoms with Crippen LogP contribution in [0.1, 0.15) is 33.1 Å². The molecule has 0 bridgehead atoms. The molecule has 1 spiro atoms.